The molecule has 20 heavy (non-hydrogen) atoms. The predicted octanol–water partition coefficient (Wildman–Crippen LogP) is 2.30. The van der Waals surface area contributed by atoms with E-state index in [0.717, 1.165) is 12.3 Å². The third-order valence-electron chi connectivity index (χ3n) is 2.79. The fraction of sp³-hybridized carbons (Fsp3) is 0.357. The minimum absolute atomic E-state index is 0.216. The lowest BCUT2D eigenvalue weighted by Gasteiger charge is -2.11. The van der Waals surface area contributed by atoms with Gasteiger partial charge >= 0.3 is 0 Å². The molecule has 0 spiro atoms. The Balaban J connectivity index is 2.00. The first kappa shape index (κ1) is 14.0. The summed E-state index contributed by atoms with van der Waals surface area (Å²) in [5, 5.41) is 13.7. The number of nitrogens with one attached hydrogen (secondary N) is 2. The van der Waals surface area contributed by atoms with Crippen molar-refractivity contribution in [1.82, 2.24) is 15.5 Å². The van der Waals surface area contributed by atoms with Crippen molar-refractivity contribution in [2.45, 2.75) is 26.8 Å². The quantitative estimate of drug-likeness (QED) is 0.874. The van der Waals surface area contributed by atoms with Gasteiger partial charge in [0.15, 0.2) is 5.69 Å². The maximum Gasteiger partial charge on any atom is 0.272 e. The predicted molar refractivity (Wildman–Crippen MR) is 75.5 cm³/mol. The van der Waals surface area contributed by atoms with Crippen LogP contribution in [0.4, 0.5) is 5.82 Å². The highest BCUT2D eigenvalue weighted by atomic mass is 16.3. The zero-order chi connectivity index (χ0) is 14.5. The van der Waals surface area contributed by atoms with Crippen LogP contribution >= 0.6 is 0 Å². The summed E-state index contributed by atoms with van der Waals surface area (Å²) >= 11 is 0. The molecule has 2 aromatic rings. The molecule has 0 fully saturated rings. The van der Waals surface area contributed by atoms with Crippen molar-refractivity contribution in [1.29, 1.82) is 0 Å². The zero-order valence-corrected chi connectivity index (χ0v) is 11.8. The van der Waals surface area contributed by atoms with E-state index in [0.29, 0.717) is 11.6 Å². The number of hydrogen-bond donors (Lipinski definition) is 2. The Labute approximate surface area is 117 Å². The first-order valence-electron chi connectivity index (χ1n) is 6.55. The topological polar surface area (TPSA) is 80.0 Å². The molecule has 0 bridgehead atoms. The number of hydrogen-bond acceptors (Lipinski definition) is 5. The molecule has 1 unspecified atom stereocenters. The number of aryl methyl sites for hydroxylation is 1. The Bertz CT molecular complexity index is 577. The van der Waals surface area contributed by atoms with Gasteiger partial charge in [-0.05, 0) is 45.0 Å². The number of amides is 1. The maximum absolute atomic E-state index is 12.0. The summed E-state index contributed by atoms with van der Waals surface area (Å²) in [6.07, 6.45) is 0. The highest BCUT2D eigenvalue weighted by Gasteiger charge is 2.15. The number of rotatable bonds is 5. The second-order valence-electron chi connectivity index (χ2n) is 4.48. The Morgan fingerprint density at radius 2 is 2.10 bits per heavy atom. The van der Waals surface area contributed by atoms with E-state index in [2.05, 4.69) is 20.8 Å². The summed E-state index contributed by atoms with van der Waals surface area (Å²) in [6, 6.07) is 6.86. The number of nitrogens with zero attached hydrogens (tertiary/aromatic N) is 2. The molecule has 1 atom stereocenters. The van der Waals surface area contributed by atoms with E-state index < -0.39 is 0 Å². The fourth-order valence-corrected chi connectivity index (χ4v) is 1.76. The number of carbonyl (C=O) groups is 1. The van der Waals surface area contributed by atoms with Crippen LogP contribution in [0.3, 0.4) is 0 Å². The second-order valence-corrected chi connectivity index (χ2v) is 4.48. The SMILES string of the molecule is CCNc1ccc(C(=O)NC(C)c2ccc(C)o2)nn1. The number of aromatic nitrogens is 2. The Morgan fingerprint density at radius 1 is 1.30 bits per heavy atom. The van der Waals surface area contributed by atoms with E-state index in [4.69, 9.17) is 4.42 Å². The van der Waals surface area contributed by atoms with Crippen LogP contribution in [0.25, 0.3) is 0 Å². The van der Waals surface area contributed by atoms with Gasteiger partial charge in [0.1, 0.15) is 17.3 Å². The molecular formula is C14H18N4O2. The maximum atomic E-state index is 12.0. The normalized spacial score (nSPS) is 11.9. The smallest absolute Gasteiger partial charge is 0.272 e. The molecule has 1 amide bonds. The zero-order valence-electron chi connectivity index (χ0n) is 11.8. The lowest BCUT2D eigenvalue weighted by atomic mass is 10.2. The van der Waals surface area contributed by atoms with Gasteiger partial charge in [0.2, 0.25) is 0 Å². The first-order valence-corrected chi connectivity index (χ1v) is 6.55. The van der Waals surface area contributed by atoms with Gasteiger partial charge in [-0.3, -0.25) is 4.79 Å². The van der Waals surface area contributed by atoms with Crippen LogP contribution in [0.5, 0.6) is 0 Å². The van der Waals surface area contributed by atoms with Crippen LogP contribution in [0, 0.1) is 6.92 Å². The molecule has 6 heteroatoms. The van der Waals surface area contributed by atoms with Gasteiger partial charge in [0.05, 0.1) is 6.04 Å². The van der Waals surface area contributed by atoms with E-state index in [1.54, 1.807) is 12.1 Å². The molecule has 2 aromatic heterocycles. The second kappa shape index (κ2) is 6.18. The molecule has 0 radical (unpaired) electrons. The molecule has 106 valence electrons. The van der Waals surface area contributed by atoms with E-state index in [1.807, 2.05) is 32.9 Å². The van der Waals surface area contributed by atoms with Crippen molar-refractivity contribution in [3.63, 3.8) is 0 Å². The van der Waals surface area contributed by atoms with Crippen LogP contribution in [-0.2, 0) is 0 Å². The van der Waals surface area contributed by atoms with Crippen molar-refractivity contribution >= 4 is 11.7 Å². The Morgan fingerprint density at radius 3 is 2.65 bits per heavy atom. The molecule has 0 aromatic carbocycles. The summed E-state index contributed by atoms with van der Waals surface area (Å²) in [7, 11) is 0. The molecule has 2 N–H and O–H groups in total. The highest BCUT2D eigenvalue weighted by molar-refractivity contribution is 5.92. The van der Waals surface area contributed by atoms with Gasteiger partial charge in [-0.25, -0.2) is 0 Å². The minimum atomic E-state index is -0.276. The molecule has 0 saturated carbocycles. The van der Waals surface area contributed by atoms with Crippen LogP contribution in [-0.4, -0.2) is 22.6 Å². The number of anilines is 1. The average Bonchev–Trinajstić information content (AvgIpc) is 2.86. The first-order chi connectivity index (χ1) is 9.60. The molecule has 0 aliphatic rings. The van der Waals surface area contributed by atoms with Gasteiger partial charge in [0, 0.05) is 6.54 Å². The van der Waals surface area contributed by atoms with Gasteiger partial charge in [-0.2, -0.15) is 0 Å². The standard InChI is InChI=1S/C14H18N4O2/c1-4-15-13-8-6-11(17-18-13)14(19)16-10(3)12-7-5-9(2)20-12/h5-8,10H,4H2,1-3H3,(H,15,18)(H,16,19). The van der Waals surface area contributed by atoms with Crippen molar-refractivity contribution in [3.8, 4) is 0 Å². The Hall–Kier alpha value is -2.37. The molecule has 2 heterocycles. The average molecular weight is 274 g/mol. The van der Waals surface area contributed by atoms with Crippen molar-refractivity contribution in [2.24, 2.45) is 0 Å². The number of carbonyl (C=O) groups excluding carboxylic acids is 1. The molecular weight excluding hydrogens is 256 g/mol. The molecule has 0 aliphatic heterocycles. The van der Waals surface area contributed by atoms with Crippen LogP contribution in [0.1, 0.15) is 41.9 Å². The van der Waals surface area contributed by atoms with E-state index in [1.165, 1.54) is 0 Å². The van der Waals surface area contributed by atoms with Crippen LogP contribution in [0.2, 0.25) is 0 Å². The molecule has 2 rings (SSSR count). The summed E-state index contributed by atoms with van der Waals surface area (Å²) in [4.78, 5) is 12.0. The summed E-state index contributed by atoms with van der Waals surface area (Å²) in [5.74, 6) is 1.91. The van der Waals surface area contributed by atoms with E-state index >= 15 is 0 Å². The highest BCUT2D eigenvalue weighted by Crippen LogP contribution is 2.16. The van der Waals surface area contributed by atoms with E-state index in [9.17, 15) is 4.79 Å². The third-order valence-corrected chi connectivity index (χ3v) is 2.79. The van der Waals surface area contributed by atoms with Crippen molar-refractivity contribution in [3.05, 3.63) is 41.5 Å². The number of furan rings is 1. The molecule has 6 nitrogen and oxygen atoms in total. The van der Waals surface area contributed by atoms with Crippen molar-refractivity contribution in [2.75, 3.05) is 11.9 Å². The van der Waals surface area contributed by atoms with Crippen LogP contribution < -0.4 is 10.6 Å². The minimum Gasteiger partial charge on any atom is -0.464 e. The van der Waals surface area contributed by atoms with Crippen molar-refractivity contribution < 1.29 is 9.21 Å². The largest absolute Gasteiger partial charge is 0.464 e. The summed E-state index contributed by atoms with van der Waals surface area (Å²) in [6.45, 7) is 6.45. The van der Waals surface area contributed by atoms with E-state index in [-0.39, 0.29) is 17.6 Å². The van der Waals surface area contributed by atoms with Crippen LogP contribution in [0.15, 0.2) is 28.7 Å². The molecule has 0 aliphatic carbocycles. The lowest BCUT2D eigenvalue weighted by molar-refractivity contribution is 0.0929. The summed E-state index contributed by atoms with van der Waals surface area (Å²) in [5.41, 5.74) is 0.279. The Kier molecular flexibility index (Phi) is 4.34. The van der Waals surface area contributed by atoms with Gasteiger partial charge in [0.25, 0.3) is 5.91 Å². The third kappa shape index (κ3) is 3.34. The van der Waals surface area contributed by atoms with Gasteiger partial charge < -0.3 is 15.1 Å². The van der Waals surface area contributed by atoms with Gasteiger partial charge in [-0.1, -0.05) is 0 Å². The molecule has 0 saturated heterocycles. The monoisotopic (exact) mass is 274 g/mol. The lowest BCUT2D eigenvalue weighted by Crippen LogP contribution is -2.27. The fourth-order valence-electron chi connectivity index (χ4n) is 1.76. The summed E-state index contributed by atoms with van der Waals surface area (Å²) < 4.78 is 5.47. The van der Waals surface area contributed by atoms with Gasteiger partial charge in [-0.15, -0.1) is 10.2 Å².